The van der Waals surface area contributed by atoms with E-state index in [4.69, 9.17) is 0 Å². The Bertz CT molecular complexity index is 557. The maximum atomic E-state index is 13.8. The molecule has 1 aromatic carbocycles. The van der Waals surface area contributed by atoms with Gasteiger partial charge in [-0.25, -0.2) is 4.39 Å². The maximum Gasteiger partial charge on any atom is 0.307 e. The first kappa shape index (κ1) is 14.4. The molecular formula is C13H14F2N2O3. The zero-order valence-electron chi connectivity index (χ0n) is 10.9. The van der Waals surface area contributed by atoms with Crippen LogP contribution in [0.15, 0.2) is 12.1 Å². The molecule has 0 radical (unpaired) electrons. The zero-order chi connectivity index (χ0) is 14.9. The number of halogens is 2. The van der Waals surface area contributed by atoms with Crippen LogP contribution in [0.25, 0.3) is 0 Å². The summed E-state index contributed by atoms with van der Waals surface area (Å²) in [6.07, 6.45) is 3.66. The minimum absolute atomic E-state index is 0.0140. The minimum Gasteiger partial charge on any atom is -0.339 e. The predicted molar refractivity (Wildman–Crippen MR) is 67.4 cm³/mol. The van der Waals surface area contributed by atoms with Crippen molar-refractivity contribution in [3.8, 4) is 0 Å². The SMILES string of the molecule is CN(C(=O)c1cc(F)c([N+](=O)[O-])cc1F)C1CCCC1. The van der Waals surface area contributed by atoms with Crippen molar-refractivity contribution in [3.05, 3.63) is 39.4 Å². The second-order valence-corrected chi connectivity index (χ2v) is 4.89. The van der Waals surface area contributed by atoms with Crippen molar-refractivity contribution >= 4 is 11.6 Å². The van der Waals surface area contributed by atoms with Gasteiger partial charge in [0.15, 0.2) is 0 Å². The Hall–Kier alpha value is -2.05. The fraction of sp³-hybridized carbons (Fsp3) is 0.462. The topological polar surface area (TPSA) is 63.5 Å². The Morgan fingerprint density at radius 1 is 1.30 bits per heavy atom. The van der Waals surface area contributed by atoms with Crippen molar-refractivity contribution < 1.29 is 18.5 Å². The van der Waals surface area contributed by atoms with Gasteiger partial charge in [0, 0.05) is 13.1 Å². The second kappa shape index (κ2) is 5.52. The van der Waals surface area contributed by atoms with Crippen LogP contribution in [0.3, 0.4) is 0 Å². The number of hydrogen-bond donors (Lipinski definition) is 0. The van der Waals surface area contributed by atoms with Crippen LogP contribution >= 0.6 is 0 Å². The highest BCUT2D eigenvalue weighted by Crippen LogP contribution is 2.26. The number of benzene rings is 1. The molecule has 7 heteroatoms. The largest absolute Gasteiger partial charge is 0.339 e. The molecule has 0 aromatic heterocycles. The van der Waals surface area contributed by atoms with Crippen LogP contribution in [0.4, 0.5) is 14.5 Å². The molecule has 1 aliphatic carbocycles. The molecule has 1 saturated carbocycles. The molecule has 5 nitrogen and oxygen atoms in total. The summed E-state index contributed by atoms with van der Waals surface area (Å²) in [6.45, 7) is 0. The minimum atomic E-state index is -1.21. The van der Waals surface area contributed by atoms with Crippen molar-refractivity contribution in [2.45, 2.75) is 31.7 Å². The Balaban J connectivity index is 2.30. The van der Waals surface area contributed by atoms with E-state index < -0.39 is 33.7 Å². The van der Waals surface area contributed by atoms with E-state index in [9.17, 15) is 23.7 Å². The van der Waals surface area contributed by atoms with Gasteiger partial charge in [-0.2, -0.15) is 4.39 Å². The molecule has 0 atom stereocenters. The average molecular weight is 284 g/mol. The molecular weight excluding hydrogens is 270 g/mol. The maximum absolute atomic E-state index is 13.8. The van der Waals surface area contributed by atoms with E-state index in [-0.39, 0.29) is 6.04 Å². The van der Waals surface area contributed by atoms with Crippen LogP contribution in [-0.4, -0.2) is 28.8 Å². The van der Waals surface area contributed by atoms with Gasteiger partial charge in [-0.1, -0.05) is 12.8 Å². The van der Waals surface area contributed by atoms with E-state index in [1.165, 1.54) is 11.9 Å². The van der Waals surface area contributed by atoms with E-state index in [1.54, 1.807) is 0 Å². The number of nitro benzene ring substituents is 1. The Labute approximate surface area is 114 Å². The lowest BCUT2D eigenvalue weighted by Crippen LogP contribution is -2.35. The number of carbonyl (C=O) groups excluding carboxylic acids is 1. The summed E-state index contributed by atoms with van der Waals surface area (Å²) in [5, 5.41) is 10.5. The standard InChI is InChI=1S/C13H14F2N2O3/c1-16(8-4-2-3-5-8)13(18)9-6-11(15)12(17(19)20)7-10(9)14/h6-8H,2-5H2,1H3. The smallest absolute Gasteiger partial charge is 0.307 e. The molecule has 0 unspecified atom stereocenters. The predicted octanol–water partition coefficient (Wildman–Crippen LogP) is 2.89. The van der Waals surface area contributed by atoms with E-state index in [0.29, 0.717) is 12.1 Å². The molecule has 2 rings (SSSR count). The summed E-state index contributed by atoms with van der Waals surface area (Å²) < 4.78 is 27.3. The Kier molecular flexibility index (Phi) is 3.96. The summed E-state index contributed by atoms with van der Waals surface area (Å²) >= 11 is 0. The van der Waals surface area contributed by atoms with E-state index in [0.717, 1.165) is 25.7 Å². The van der Waals surface area contributed by atoms with Gasteiger partial charge in [-0.3, -0.25) is 14.9 Å². The van der Waals surface area contributed by atoms with Gasteiger partial charge in [0.05, 0.1) is 16.6 Å². The molecule has 0 saturated heterocycles. The summed E-state index contributed by atoms with van der Waals surface area (Å²) in [7, 11) is 1.54. The fourth-order valence-corrected chi connectivity index (χ4v) is 2.49. The molecule has 1 fully saturated rings. The van der Waals surface area contributed by atoms with Crippen molar-refractivity contribution in [1.29, 1.82) is 0 Å². The van der Waals surface area contributed by atoms with Gasteiger partial charge in [-0.15, -0.1) is 0 Å². The van der Waals surface area contributed by atoms with Gasteiger partial charge in [0.25, 0.3) is 5.91 Å². The fourth-order valence-electron chi connectivity index (χ4n) is 2.49. The van der Waals surface area contributed by atoms with Crippen LogP contribution in [0.2, 0.25) is 0 Å². The van der Waals surface area contributed by atoms with Crippen molar-refractivity contribution in [2.75, 3.05) is 7.05 Å². The Morgan fingerprint density at radius 2 is 1.90 bits per heavy atom. The van der Waals surface area contributed by atoms with Crippen LogP contribution in [0.1, 0.15) is 36.0 Å². The lowest BCUT2D eigenvalue weighted by Gasteiger charge is -2.24. The van der Waals surface area contributed by atoms with Gasteiger partial charge < -0.3 is 4.90 Å². The average Bonchev–Trinajstić information content (AvgIpc) is 2.93. The third-order valence-electron chi connectivity index (χ3n) is 3.66. The number of hydrogen-bond acceptors (Lipinski definition) is 3. The van der Waals surface area contributed by atoms with Crippen LogP contribution < -0.4 is 0 Å². The number of rotatable bonds is 3. The first-order valence-electron chi connectivity index (χ1n) is 6.32. The molecule has 0 heterocycles. The third-order valence-corrected chi connectivity index (χ3v) is 3.66. The lowest BCUT2D eigenvalue weighted by atomic mass is 10.1. The van der Waals surface area contributed by atoms with Crippen molar-refractivity contribution in [3.63, 3.8) is 0 Å². The van der Waals surface area contributed by atoms with E-state index >= 15 is 0 Å². The molecule has 1 aromatic rings. The second-order valence-electron chi connectivity index (χ2n) is 4.89. The van der Waals surface area contributed by atoms with Crippen LogP contribution in [0, 0.1) is 21.7 Å². The molecule has 0 spiro atoms. The highest BCUT2D eigenvalue weighted by molar-refractivity contribution is 5.94. The van der Waals surface area contributed by atoms with Gasteiger partial charge in [-0.05, 0) is 18.9 Å². The number of nitrogens with zero attached hydrogens (tertiary/aromatic N) is 2. The molecule has 1 aliphatic rings. The van der Waals surface area contributed by atoms with Crippen LogP contribution in [0.5, 0.6) is 0 Å². The number of carbonyl (C=O) groups is 1. The molecule has 0 aliphatic heterocycles. The Morgan fingerprint density at radius 3 is 2.45 bits per heavy atom. The highest BCUT2D eigenvalue weighted by atomic mass is 19.1. The molecule has 20 heavy (non-hydrogen) atoms. The van der Waals surface area contributed by atoms with E-state index in [2.05, 4.69) is 0 Å². The summed E-state index contributed by atoms with van der Waals surface area (Å²) in [5.74, 6) is -2.93. The van der Waals surface area contributed by atoms with Crippen LogP contribution in [-0.2, 0) is 0 Å². The monoisotopic (exact) mass is 284 g/mol. The number of amides is 1. The first-order valence-corrected chi connectivity index (χ1v) is 6.32. The quantitative estimate of drug-likeness (QED) is 0.633. The van der Waals surface area contributed by atoms with Crippen molar-refractivity contribution in [1.82, 2.24) is 4.90 Å². The highest BCUT2D eigenvalue weighted by Gasteiger charge is 2.28. The third kappa shape index (κ3) is 2.61. The lowest BCUT2D eigenvalue weighted by molar-refractivity contribution is -0.387. The zero-order valence-corrected chi connectivity index (χ0v) is 10.9. The van der Waals surface area contributed by atoms with Crippen molar-refractivity contribution in [2.24, 2.45) is 0 Å². The summed E-state index contributed by atoms with van der Waals surface area (Å²) in [6, 6.07) is 1.06. The molecule has 108 valence electrons. The number of nitro groups is 1. The first-order chi connectivity index (χ1) is 9.41. The normalized spacial score (nSPS) is 15.3. The molecule has 1 amide bonds. The molecule has 0 N–H and O–H groups in total. The van der Waals surface area contributed by atoms with Gasteiger partial charge in [0.2, 0.25) is 5.82 Å². The summed E-state index contributed by atoms with van der Waals surface area (Å²) in [5.41, 5.74) is -1.44. The molecule has 0 bridgehead atoms. The van der Waals surface area contributed by atoms with Gasteiger partial charge >= 0.3 is 5.69 Å². The summed E-state index contributed by atoms with van der Waals surface area (Å²) in [4.78, 5) is 23.0. The van der Waals surface area contributed by atoms with Gasteiger partial charge in [0.1, 0.15) is 5.82 Å². The van der Waals surface area contributed by atoms with E-state index in [1.807, 2.05) is 0 Å².